The number of carboxylic acid groups (broad SMARTS) is 1. The molecule has 0 unspecified atom stereocenters. The monoisotopic (exact) mass is 300 g/mol. The van der Waals surface area contributed by atoms with Gasteiger partial charge in [-0.2, -0.15) is 0 Å². The summed E-state index contributed by atoms with van der Waals surface area (Å²) in [5.41, 5.74) is 1.76. The molecule has 0 saturated heterocycles. The number of para-hydroxylation sites is 2. The molecule has 2 heterocycles. The predicted octanol–water partition coefficient (Wildman–Crippen LogP) is 3.36. The van der Waals surface area contributed by atoms with Gasteiger partial charge >= 0.3 is 5.97 Å². The van der Waals surface area contributed by atoms with E-state index in [-0.39, 0.29) is 6.54 Å². The molecule has 4 nitrogen and oxygen atoms in total. The highest BCUT2D eigenvalue weighted by Crippen LogP contribution is 2.18. The van der Waals surface area contributed by atoms with Crippen LogP contribution in [0.25, 0.3) is 11.0 Å². The quantitative estimate of drug-likeness (QED) is 0.759. The van der Waals surface area contributed by atoms with Crippen molar-refractivity contribution in [1.82, 2.24) is 9.55 Å². The van der Waals surface area contributed by atoms with Gasteiger partial charge < -0.3 is 9.67 Å². The topological polar surface area (TPSA) is 55.1 Å². The summed E-state index contributed by atoms with van der Waals surface area (Å²) in [7, 11) is 0. The fraction of sp³-hybridized carbons (Fsp3) is 0.250. The van der Waals surface area contributed by atoms with Gasteiger partial charge in [0.15, 0.2) is 0 Å². The number of rotatable bonds is 6. The second-order valence-corrected chi connectivity index (χ2v) is 5.96. The van der Waals surface area contributed by atoms with Crippen LogP contribution in [0.15, 0.2) is 41.8 Å². The van der Waals surface area contributed by atoms with Gasteiger partial charge in [-0.3, -0.25) is 4.79 Å². The Bertz CT molecular complexity index is 747. The number of nitrogens with zero attached hydrogens (tertiary/aromatic N) is 2. The molecule has 0 radical (unpaired) electrons. The summed E-state index contributed by atoms with van der Waals surface area (Å²) in [5, 5.41) is 11.2. The van der Waals surface area contributed by atoms with Crippen molar-refractivity contribution in [2.24, 2.45) is 0 Å². The summed E-state index contributed by atoms with van der Waals surface area (Å²) in [6, 6.07) is 11.9. The fourth-order valence-corrected chi connectivity index (χ4v) is 3.25. The molecule has 3 aromatic rings. The van der Waals surface area contributed by atoms with E-state index in [0.29, 0.717) is 0 Å². The average Bonchev–Trinajstić information content (AvgIpc) is 3.08. The number of aromatic nitrogens is 2. The van der Waals surface area contributed by atoms with Crippen molar-refractivity contribution in [2.45, 2.75) is 25.8 Å². The summed E-state index contributed by atoms with van der Waals surface area (Å²) in [5.74, 6) is 0.0211. The van der Waals surface area contributed by atoms with Crippen molar-refractivity contribution < 1.29 is 9.90 Å². The van der Waals surface area contributed by atoms with E-state index in [0.717, 1.165) is 36.1 Å². The van der Waals surface area contributed by atoms with Crippen LogP contribution >= 0.6 is 11.3 Å². The van der Waals surface area contributed by atoms with Gasteiger partial charge in [0.05, 0.1) is 11.0 Å². The zero-order chi connectivity index (χ0) is 14.7. The van der Waals surface area contributed by atoms with Gasteiger partial charge in [-0.1, -0.05) is 18.2 Å². The van der Waals surface area contributed by atoms with Crippen molar-refractivity contribution in [3.8, 4) is 0 Å². The Morgan fingerprint density at radius 2 is 2.05 bits per heavy atom. The Balaban J connectivity index is 1.81. The number of imidazole rings is 1. The van der Waals surface area contributed by atoms with Crippen LogP contribution in [0.5, 0.6) is 0 Å². The minimum absolute atomic E-state index is 0.0329. The first-order valence-corrected chi connectivity index (χ1v) is 7.80. The van der Waals surface area contributed by atoms with Crippen LogP contribution in [0.2, 0.25) is 0 Å². The zero-order valence-electron chi connectivity index (χ0n) is 11.5. The van der Waals surface area contributed by atoms with E-state index in [9.17, 15) is 4.79 Å². The summed E-state index contributed by atoms with van der Waals surface area (Å²) in [6.45, 7) is -0.0329. The van der Waals surface area contributed by atoms with E-state index in [1.54, 1.807) is 11.3 Å². The van der Waals surface area contributed by atoms with Gasteiger partial charge in [0.25, 0.3) is 0 Å². The number of benzene rings is 1. The minimum atomic E-state index is -0.836. The van der Waals surface area contributed by atoms with Gasteiger partial charge in [-0.25, -0.2) is 4.98 Å². The molecule has 108 valence electrons. The molecule has 0 bridgehead atoms. The summed E-state index contributed by atoms with van der Waals surface area (Å²) >= 11 is 1.76. The fourth-order valence-electron chi connectivity index (χ4n) is 2.50. The highest BCUT2D eigenvalue weighted by Gasteiger charge is 2.12. The molecule has 0 atom stereocenters. The Labute approximate surface area is 126 Å². The van der Waals surface area contributed by atoms with Crippen LogP contribution in [0.4, 0.5) is 0 Å². The summed E-state index contributed by atoms with van der Waals surface area (Å²) < 4.78 is 1.81. The number of fused-ring (bicyclic) bond motifs is 1. The smallest absolute Gasteiger partial charge is 0.323 e. The van der Waals surface area contributed by atoms with Crippen molar-refractivity contribution in [2.75, 3.05) is 0 Å². The van der Waals surface area contributed by atoms with E-state index in [1.165, 1.54) is 4.88 Å². The van der Waals surface area contributed by atoms with Gasteiger partial charge in [0.2, 0.25) is 0 Å². The number of hydrogen-bond acceptors (Lipinski definition) is 3. The molecule has 0 fully saturated rings. The molecule has 0 spiro atoms. The Morgan fingerprint density at radius 1 is 1.19 bits per heavy atom. The molecule has 0 amide bonds. The van der Waals surface area contributed by atoms with Gasteiger partial charge in [-0.05, 0) is 36.4 Å². The normalized spacial score (nSPS) is 11.0. The lowest BCUT2D eigenvalue weighted by molar-refractivity contribution is -0.137. The molecule has 0 aliphatic rings. The largest absolute Gasteiger partial charge is 0.480 e. The average molecular weight is 300 g/mol. The highest BCUT2D eigenvalue weighted by molar-refractivity contribution is 7.09. The van der Waals surface area contributed by atoms with Gasteiger partial charge in [-0.15, -0.1) is 11.3 Å². The SMILES string of the molecule is O=C(O)Cn1c(CCCc2cccs2)nc2ccccc21. The second kappa shape index (κ2) is 6.10. The standard InChI is InChI=1S/C16H16N2O2S/c19-16(20)11-18-14-8-2-1-7-13(14)17-15(18)9-3-5-12-6-4-10-21-12/h1-2,4,6-8,10H,3,5,9,11H2,(H,19,20). The molecule has 5 heteroatoms. The molecular weight excluding hydrogens is 284 g/mol. The van der Waals surface area contributed by atoms with E-state index in [2.05, 4.69) is 22.5 Å². The van der Waals surface area contributed by atoms with E-state index in [4.69, 9.17) is 5.11 Å². The van der Waals surface area contributed by atoms with Crippen LogP contribution < -0.4 is 0 Å². The van der Waals surface area contributed by atoms with E-state index in [1.807, 2.05) is 28.8 Å². The molecule has 0 aliphatic heterocycles. The van der Waals surface area contributed by atoms with Crippen molar-refractivity contribution in [3.05, 3.63) is 52.5 Å². The summed E-state index contributed by atoms with van der Waals surface area (Å²) in [4.78, 5) is 17.0. The highest BCUT2D eigenvalue weighted by atomic mass is 32.1. The van der Waals surface area contributed by atoms with Crippen LogP contribution in [-0.2, 0) is 24.2 Å². The number of carboxylic acids is 1. The molecule has 1 N–H and O–H groups in total. The number of aliphatic carboxylic acids is 1. The number of thiophene rings is 1. The molecular formula is C16H16N2O2S. The third kappa shape index (κ3) is 3.13. The Hall–Kier alpha value is -2.14. The van der Waals surface area contributed by atoms with E-state index >= 15 is 0 Å². The molecule has 1 aromatic carbocycles. The van der Waals surface area contributed by atoms with Crippen molar-refractivity contribution in [1.29, 1.82) is 0 Å². The molecule has 21 heavy (non-hydrogen) atoms. The lowest BCUT2D eigenvalue weighted by Gasteiger charge is -2.06. The lowest BCUT2D eigenvalue weighted by atomic mass is 10.2. The molecule has 3 rings (SSSR count). The van der Waals surface area contributed by atoms with Crippen LogP contribution in [0.1, 0.15) is 17.1 Å². The van der Waals surface area contributed by atoms with Crippen LogP contribution in [0, 0.1) is 0 Å². The predicted molar refractivity (Wildman–Crippen MR) is 83.7 cm³/mol. The van der Waals surface area contributed by atoms with Crippen LogP contribution in [-0.4, -0.2) is 20.6 Å². The maximum atomic E-state index is 11.1. The van der Waals surface area contributed by atoms with Gasteiger partial charge in [0.1, 0.15) is 12.4 Å². The Morgan fingerprint density at radius 3 is 2.81 bits per heavy atom. The Kier molecular flexibility index (Phi) is 4.01. The first kappa shape index (κ1) is 13.8. The summed E-state index contributed by atoms with van der Waals surface area (Å²) in [6.07, 6.45) is 2.78. The minimum Gasteiger partial charge on any atom is -0.480 e. The maximum absolute atomic E-state index is 11.1. The van der Waals surface area contributed by atoms with E-state index < -0.39 is 5.97 Å². The number of carbonyl (C=O) groups is 1. The molecule has 0 saturated carbocycles. The lowest BCUT2D eigenvalue weighted by Crippen LogP contribution is -2.12. The number of hydrogen-bond donors (Lipinski definition) is 1. The first-order valence-electron chi connectivity index (χ1n) is 6.92. The third-order valence-corrected chi connectivity index (χ3v) is 4.37. The maximum Gasteiger partial charge on any atom is 0.323 e. The zero-order valence-corrected chi connectivity index (χ0v) is 12.3. The third-order valence-electron chi connectivity index (χ3n) is 3.43. The molecule has 0 aliphatic carbocycles. The van der Waals surface area contributed by atoms with Crippen molar-refractivity contribution >= 4 is 28.3 Å². The van der Waals surface area contributed by atoms with Crippen LogP contribution in [0.3, 0.4) is 0 Å². The first-order chi connectivity index (χ1) is 10.2. The number of aryl methyl sites for hydroxylation is 2. The van der Waals surface area contributed by atoms with Crippen molar-refractivity contribution in [3.63, 3.8) is 0 Å². The second-order valence-electron chi connectivity index (χ2n) is 4.93. The van der Waals surface area contributed by atoms with Gasteiger partial charge in [0, 0.05) is 11.3 Å². The molecule has 2 aromatic heterocycles.